The van der Waals surface area contributed by atoms with Crippen LogP contribution in [0.15, 0.2) is 49.6 Å². The van der Waals surface area contributed by atoms with Crippen molar-refractivity contribution < 1.29 is 14.3 Å². The molecule has 0 amide bonds. The Kier molecular flexibility index (Phi) is 24.6. The monoisotopic (exact) mass is 601 g/mol. The van der Waals surface area contributed by atoms with Crippen molar-refractivity contribution in [3.05, 3.63) is 60.7 Å². The number of rotatable bonds is 13. The lowest BCUT2D eigenvalue weighted by Gasteiger charge is -2.42. The van der Waals surface area contributed by atoms with Gasteiger partial charge >= 0.3 is 5.97 Å². The molecule has 250 valence electrons. The fourth-order valence-corrected chi connectivity index (χ4v) is 5.72. The van der Waals surface area contributed by atoms with Gasteiger partial charge in [-0.05, 0) is 84.8 Å². The van der Waals surface area contributed by atoms with E-state index in [0.717, 1.165) is 37.5 Å². The van der Waals surface area contributed by atoms with Crippen LogP contribution in [0.25, 0.3) is 0 Å². The van der Waals surface area contributed by atoms with Crippen LogP contribution in [0.4, 0.5) is 0 Å². The third kappa shape index (κ3) is 20.7. The highest BCUT2D eigenvalue weighted by atomic mass is 16.7. The standard InChI is InChI=1S/C31H52O3.C4H6.C3H8.C2H6/c1-9-11-25-20-23(3)21-31(8,22-25)18-19-33-28(16-17-30(5,6)7)34-29(32)27-14-12-26(13-15-27)24(4)10-2;1-3-4-2;1-3-2;1-2/h12-15,23-25,28H,9-11,16-22H2,1-8H3;3-4H,1-2H2;3H2,1-2H3;1-2H3. The molecule has 43 heavy (non-hydrogen) atoms. The fraction of sp³-hybridized carbons (Fsp3) is 0.725. The molecule has 0 aromatic heterocycles. The van der Waals surface area contributed by atoms with E-state index in [0.29, 0.717) is 23.5 Å². The molecule has 1 aliphatic carbocycles. The Morgan fingerprint density at radius 3 is 2.07 bits per heavy atom. The van der Waals surface area contributed by atoms with Crippen molar-refractivity contribution in [2.24, 2.45) is 22.7 Å². The molecule has 0 saturated heterocycles. The second-order valence-corrected chi connectivity index (χ2v) is 13.9. The topological polar surface area (TPSA) is 35.5 Å². The first-order valence-corrected chi connectivity index (χ1v) is 17.4. The summed E-state index contributed by atoms with van der Waals surface area (Å²) in [5.41, 5.74) is 2.36. The average molecular weight is 601 g/mol. The van der Waals surface area contributed by atoms with Crippen LogP contribution < -0.4 is 0 Å². The van der Waals surface area contributed by atoms with E-state index in [9.17, 15) is 4.79 Å². The van der Waals surface area contributed by atoms with Gasteiger partial charge in [0.1, 0.15) is 0 Å². The predicted octanol–water partition coefficient (Wildman–Crippen LogP) is 13.0. The van der Waals surface area contributed by atoms with Gasteiger partial charge in [-0.2, -0.15) is 0 Å². The molecule has 0 radical (unpaired) electrons. The van der Waals surface area contributed by atoms with Gasteiger partial charge in [-0.15, -0.1) is 0 Å². The van der Waals surface area contributed by atoms with E-state index < -0.39 is 6.29 Å². The fourth-order valence-electron chi connectivity index (χ4n) is 5.72. The zero-order valence-electron chi connectivity index (χ0n) is 30.7. The van der Waals surface area contributed by atoms with E-state index >= 15 is 0 Å². The van der Waals surface area contributed by atoms with Crippen LogP contribution in [0.2, 0.25) is 0 Å². The molecular formula is C40H72O3. The summed E-state index contributed by atoms with van der Waals surface area (Å²) in [5.74, 6) is 1.83. The van der Waals surface area contributed by atoms with Gasteiger partial charge in [0.25, 0.3) is 0 Å². The Balaban J connectivity index is 0. The van der Waals surface area contributed by atoms with Crippen molar-refractivity contribution in [1.82, 2.24) is 0 Å². The molecule has 0 N–H and O–H groups in total. The number of ether oxygens (including phenoxy) is 2. The lowest BCUT2D eigenvalue weighted by Crippen LogP contribution is -2.32. The summed E-state index contributed by atoms with van der Waals surface area (Å²) in [6.45, 7) is 33.8. The number of esters is 1. The van der Waals surface area contributed by atoms with E-state index in [1.54, 1.807) is 12.2 Å². The lowest BCUT2D eigenvalue weighted by atomic mass is 9.64. The molecule has 1 aromatic carbocycles. The summed E-state index contributed by atoms with van der Waals surface area (Å²) < 4.78 is 12.2. The normalized spacial score (nSPS) is 20.8. The molecule has 3 heteroatoms. The average Bonchev–Trinajstić information content (AvgIpc) is 2.96. The van der Waals surface area contributed by atoms with E-state index in [1.807, 2.05) is 38.1 Å². The number of hydrogen-bond acceptors (Lipinski definition) is 3. The number of hydrogen-bond donors (Lipinski definition) is 0. The molecule has 0 spiro atoms. The highest BCUT2D eigenvalue weighted by Gasteiger charge is 2.35. The summed E-state index contributed by atoms with van der Waals surface area (Å²) in [5, 5.41) is 0. The largest absolute Gasteiger partial charge is 0.432 e. The molecule has 0 bridgehead atoms. The maximum atomic E-state index is 12.9. The van der Waals surface area contributed by atoms with Gasteiger partial charge in [0.15, 0.2) is 0 Å². The minimum absolute atomic E-state index is 0.171. The summed E-state index contributed by atoms with van der Waals surface area (Å²) in [6, 6.07) is 7.88. The van der Waals surface area contributed by atoms with Crippen molar-refractivity contribution in [2.75, 3.05) is 6.61 Å². The molecule has 1 saturated carbocycles. The van der Waals surface area contributed by atoms with E-state index in [-0.39, 0.29) is 11.4 Å². The summed E-state index contributed by atoms with van der Waals surface area (Å²) in [6.07, 6.45) is 14.4. The first kappa shape index (κ1) is 43.3. The molecule has 5 unspecified atom stereocenters. The molecular weight excluding hydrogens is 528 g/mol. The zero-order valence-corrected chi connectivity index (χ0v) is 30.7. The highest BCUT2D eigenvalue weighted by molar-refractivity contribution is 5.89. The third-order valence-corrected chi connectivity index (χ3v) is 7.93. The Bertz CT molecular complexity index is 828. The molecule has 2 rings (SSSR count). The van der Waals surface area contributed by atoms with Crippen molar-refractivity contribution in [2.45, 2.75) is 160 Å². The number of benzene rings is 1. The molecule has 3 nitrogen and oxygen atoms in total. The number of carbonyl (C=O) groups excluding carboxylic acids is 1. The summed E-state index contributed by atoms with van der Waals surface area (Å²) in [4.78, 5) is 12.9. The van der Waals surface area contributed by atoms with Gasteiger partial charge in [0.05, 0.1) is 12.2 Å². The Labute approximate surface area is 269 Å². The van der Waals surface area contributed by atoms with Crippen molar-refractivity contribution in [3.8, 4) is 0 Å². The Hall–Kier alpha value is -1.87. The Morgan fingerprint density at radius 1 is 1.05 bits per heavy atom. The second-order valence-electron chi connectivity index (χ2n) is 13.9. The predicted molar refractivity (Wildman–Crippen MR) is 191 cm³/mol. The minimum Gasteiger partial charge on any atom is -0.432 e. The molecule has 1 fully saturated rings. The van der Waals surface area contributed by atoms with Gasteiger partial charge in [-0.25, -0.2) is 4.79 Å². The quantitative estimate of drug-likeness (QED) is 0.128. The summed E-state index contributed by atoms with van der Waals surface area (Å²) >= 11 is 0. The maximum absolute atomic E-state index is 12.9. The van der Waals surface area contributed by atoms with Gasteiger partial charge in [0.2, 0.25) is 6.29 Å². The van der Waals surface area contributed by atoms with Crippen molar-refractivity contribution in [3.63, 3.8) is 0 Å². The van der Waals surface area contributed by atoms with Gasteiger partial charge < -0.3 is 9.47 Å². The molecule has 0 aliphatic heterocycles. The van der Waals surface area contributed by atoms with Crippen LogP contribution in [0, 0.1) is 22.7 Å². The first-order chi connectivity index (χ1) is 20.3. The highest BCUT2D eigenvalue weighted by Crippen LogP contribution is 2.45. The zero-order chi connectivity index (χ0) is 33.5. The van der Waals surface area contributed by atoms with Crippen LogP contribution in [-0.2, 0) is 9.47 Å². The van der Waals surface area contributed by atoms with E-state index in [1.165, 1.54) is 44.1 Å². The Morgan fingerprint density at radius 2 is 1.60 bits per heavy atom. The lowest BCUT2D eigenvalue weighted by molar-refractivity contribution is -0.124. The van der Waals surface area contributed by atoms with Gasteiger partial charge in [0, 0.05) is 6.42 Å². The van der Waals surface area contributed by atoms with E-state index in [4.69, 9.17) is 9.47 Å². The van der Waals surface area contributed by atoms with Crippen LogP contribution in [0.3, 0.4) is 0 Å². The second kappa shape index (κ2) is 24.5. The molecule has 1 aromatic rings. The van der Waals surface area contributed by atoms with Gasteiger partial charge in [-0.1, -0.05) is 140 Å². The van der Waals surface area contributed by atoms with Crippen LogP contribution in [-0.4, -0.2) is 18.9 Å². The maximum Gasteiger partial charge on any atom is 0.340 e. The number of allylic oxidation sites excluding steroid dienone is 2. The molecule has 5 atom stereocenters. The summed E-state index contributed by atoms with van der Waals surface area (Å²) in [7, 11) is 0. The molecule has 0 heterocycles. The minimum atomic E-state index is -0.489. The third-order valence-electron chi connectivity index (χ3n) is 7.93. The van der Waals surface area contributed by atoms with Crippen molar-refractivity contribution in [1.29, 1.82) is 0 Å². The van der Waals surface area contributed by atoms with Crippen molar-refractivity contribution >= 4 is 5.97 Å². The van der Waals surface area contributed by atoms with Gasteiger partial charge in [-0.3, -0.25) is 0 Å². The molecule has 1 aliphatic rings. The van der Waals surface area contributed by atoms with Crippen LogP contribution >= 0.6 is 0 Å². The first-order valence-electron chi connectivity index (χ1n) is 17.4. The number of carbonyl (C=O) groups is 1. The van der Waals surface area contributed by atoms with E-state index in [2.05, 4.69) is 82.4 Å². The SMILES string of the molecule is C=CC=C.CC.CCC.CCCC1CC(C)CC(C)(CCOC(CCC(C)(C)C)OC(=O)c2ccc(C(C)CC)cc2)C1. The van der Waals surface area contributed by atoms with Crippen LogP contribution in [0.5, 0.6) is 0 Å². The van der Waals surface area contributed by atoms with Crippen LogP contribution in [0.1, 0.15) is 169 Å². The smallest absolute Gasteiger partial charge is 0.340 e.